The lowest BCUT2D eigenvalue weighted by molar-refractivity contribution is 0.102. The molecule has 0 heterocycles. The molecule has 0 radical (unpaired) electrons. The average Bonchev–Trinajstić information content (AvgIpc) is 2.70. The van der Waals surface area contributed by atoms with Crippen LogP contribution in [0.5, 0.6) is 0 Å². The zero-order chi connectivity index (χ0) is 20.0. The molecule has 0 saturated heterocycles. The molecule has 0 saturated carbocycles. The van der Waals surface area contributed by atoms with Crippen molar-refractivity contribution in [2.45, 2.75) is 16.7 Å². The molecule has 0 aromatic heterocycles. The van der Waals surface area contributed by atoms with Gasteiger partial charge in [-0.2, -0.15) is 0 Å². The molecule has 0 aliphatic heterocycles. The Hall–Kier alpha value is -2.77. The highest BCUT2D eigenvalue weighted by atomic mass is 32.2. The van der Waals surface area contributed by atoms with Crippen LogP contribution >= 0.6 is 11.8 Å². The fourth-order valence-corrected chi connectivity index (χ4v) is 4.43. The van der Waals surface area contributed by atoms with Crippen molar-refractivity contribution < 1.29 is 13.2 Å². The number of benzene rings is 3. The molecular formula is C21H20N2O3S2. The molecule has 3 aromatic rings. The van der Waals surface area contributed by atoms with Gasteiger partial charge in [0.2, 0.25) is 0 Å². The molecule has 0 aliphatic rings. The van der Waals surface area contributed by atoms with Crippen molar-refractivity contribution in [2.24, 2.45) is 0 Å². The number of carbonyl (C=O) groups is 1. The maximum atomic E-state index is 12.7. The Kier molecular flexibility index (Phi) is 6.38. The van der Waals surface area contributed by atoms with Gasteiger partial charge in [0.05, 0.1) is 10.6 Å². The van der Waals surface area contributed by atoms with Crippen molar-refractivity contribution in [1.82, 2.24) is 0 Å². The van der Waals surface area contributed by atoms with Gasteiger partial charge in [0.25, 0.3) is 15.9 Å². The first kappa shape index (κ1) is 20.0. The van der Waals surface area contributed by atoms with E-state index in [-0.39, 0.29) is 16.4 Å². The van der Waals surface area contributed by atoms with E-state index in [2.05, 4.69) is 10.0 Å². The van der Waals surface area contributed by atoms with E-state index in [4.69, 9.17) is 0 Å². The highest BCUT2D eigenvalue weighted by Gasteiger charge is 2.17. The van der Waals surface area contributed by atoms with Gasteiger partial charge in [0.1, 0.15) is 0 Å². The van der Waals surface area contributed by atoms with Crippen LogP contribution in [0.2, 0.25) is 0 Å². The molecule has 0 fully saturated rings. The predicted octanol–water partition coefficient (Wildman–Crippen LogP) is 4.85. The summed E-state index contributed by atoms with van der Waals surface area (Å²) < 4.78 is 27.8. The topological polar surface area (TPSA) is 75.3 Å². The summed E-state index contributed by atoms with van der Waals surface area (Å²) in [4.78, 5) is 13.7. The van der Waals surface area contributed by atoms with Gasteiger partial charge in [-0.05, 0) is 48.2 Å². The summed E-state index contributed by atoms with van der Waals surface area (Å²) >= 11 is 1.63. The molecule has 3 aromatic carbocycles. The van der Waals surface area contributed by atoms with E-state index in [0.717, 1.165) is 10.6 Å². The zero-order valence-corrected chi connectivity index (χ0v) is 16.9. The van der Waals surface area contributed by atoms with Crippen molar-refractivity contribution in [1.29, 1.82) is 0 Å². The molecule has 28 heavy (non-hydrogen) atoms. The van der Waals surface area contributed by atoms with Crippen LogP contribution < -0.4 is 10.0 Å². The Morgan fingerprint density at radius 2 is 1.64 bits per heavy atom. The Morgan fingerprint density at radius 1 is 0.929 bits per heavy atom. The normalized spacial score (nSPS) is 11.0. The van der Waals surface area contributed by atoms with E-state index in [1.165, 1.54) is 12.1 Å². The fraction of sp³-hybridized carbons (Fsp3) is 0.0952. The monoisotopic (exact) mass is 412 g/mol. The van der Waals surface area contributed by atoms with Crippen molar-refractivity contribution >= 4 is 39.1 Å². The van der Waals surface area contributed by atoms with E-state index < -0.39 is 10.0 Å². The fourth-order valence-electron chi connectivity index (χ4n) is 2.57. The third-order valence-electron chi connectivity index (χ3n) is 3.87. The first-order chi connectivity index (χ1) is 13.5. The Labute approximate surface area is 169 Å². The predicted molar refractivity (Wildman–Crippen MR) is 114 cm³/mol. The largest absolute Gasteiger partial charge is 0.321 e. The average molecular weight is 413 g/mol. The zero-order valence-electron chi connectivity index (χ0n) is 15.3. The molecule has 1 amide bonds. The summed E-state index contributed by atoms with van der Waals surface area (Å²) in [5, 5.41) is 2.86. The van der Waals surface area contributed by atoms with Crippen molar-refractivity contribution in [2.75, 3.05) is 15.8 Å². The second-order valence-electron chi connectivity index (χ2n) is 5.88. The number of rotatable bonds is 7. The van der Waals surface area contributed by atoms with E-state index in [1.807, 2.05) is 31.2 Å². The minimum Gasteiger partial charge on any atom is -0.321 e. The van der Waals surface area contributed by atoms with Crippen molar-refractivity contribution in [3.63, 3.8) is 0 Å². The minimum atomic E-state index is -3.79. The van der Waals surface area contributed by atoms with Gasteiger partial charge in [0.15, 0.2) is 0 Å². The lowest BCUT2D eigenvalue weighted by Gasteiger charge is -2.11. The summed E-state index contributed by atoms with van der Waals surface area (Å²) in [6, 6.07) is 22.1. The standard InChI is InChI=1S/C21H20N2O3S2/c1-2-27-20-14-7-6-13-19(20)22-21(24)16-9-8-12-18(15-16)28(25,26)23-17-10-4-3-5-11-17/h3-15,23H,2H2,1H3,(H,22,24). The lowest BCUT2D eigenvalue weighted by Crippen LogP contribution is -2.16. The molecular weight excluding hydrogens is 392 g/mol. The molecule has 0 aliphatic carbocycles. The summed E-state index contributed by atoms with van der Waals surface area (Å²) in [5.41, 5.74) is 1.44. The van der Waals surface area contributed by atoms with Crippen LogP contribution in [0, 0.1) is 0 Å². The quantitative estimate of drug-likeness (QED) is 0.544. The van der Waals surface area contributed by atoms with Crippen molar-refractivity contribution in [3.05, 3.63) is 84.4 Å². The summed E-state index contributed by atoms with van der Waals surface area (Å²) in [6.45, 7) is 2.04. The van der Waals surface area contributed by atoms with Gasteiger partial charge in [-0.3, -0.25) is 9.52 Å². The number of hydrogen-bond donors (Lipinski definition) is 2. The summed E-state index contributed by atoms with van der Waals surface area (Å²) in [7, 11) is -3.79. The van der Waals surface area contributed by atoms with E-state index in [9.17, 15) is 13.2 Å². The first-order valence-electron chi connectivity index (χ1n) is 8.71. The minimum absolute atomic E-state index is 0.0280. The second-order valence-corrected chi connectivity index (χ2v) is 8.87. The van der Waals surface area contributed by atoms with Crippen LogP contribution in [0.15, 0.2) is 88.7 Å². The van der Waals surface area contributed by atoms with Gasteiger partial charge < -0.3 is 5.32 Å². The Bertz CT molecular complexity index is 1070. The number of thioether (sulfide) groups is 1. The number of carbonyl (C=O) groups excluding carboxylic acids is 1. The van der Waals surface area contributed by atoms with Crippen LogP contribution in [0.25, 0.3) is 0 Å². The second kappa shape index (κ2) is 8.95. The van der Waals surface area contributed by atoms with Gasteiger partial charge in [-0.15, -0.1) is 11.8 Å². The molecule has 0 bridgehead atoms. The molecule has 0 spiro atoms. The van der Waals surface area contributed by atoms with Gasteiger partial charge >= 0.3 is 0 Å². The van der Waals surface area contributed by atoms with E-state index in [1.54, 1.807) is 54.2 Å². The van der Waals surface area contributed by atoms with Crippen LogP contribution in [0.3, 0.4) is 0 Å². The highest BCUT2D eigenvalue weighted by molar-refractivity contribution is 7.99. The molecule has 144 valence electrons. The SMILES string of the molecule is CCSc1ccccc1NC(=O)c1cccc(S(=O)(=O)Nc2ccccc2)c1. The number of amides is 1. The Balaban J connectivity index is 1.82. The molecule has 5 nitrogen and oxygen atoms in total. The third-order valence-corrected chi connectivity index (χ3v) is 6.20. The molecule has 7 heteroatoms. The first-order valence-corrected chi connectivity index (χ1v) is 11.2. The number of anilines is 2. The highest BCUT2D eigenvalue weighted by Crippen LogP contribution is 2.27. The third kappa shape index (κ3) is 4.94. The number of para-hydroxylation sites is 2. The smallest absolute Gasteiger partial charge is 0.261 e. The van der Waals surface area contributed by atoms with Gasteiger partial charge in [0, 0.05) is 16.1 Å². The van der Waals surface area contributed by atoms with Crippen molar-refractivity contribution in [3.8, 4) is 0 Å². The molecule has 2 N–H and O–H groups in total. The maximum Gasteiger partial charge on any atom is 0.261 e. The van der Waals surface area contributed by atoms with Crippen LogP contribution in [-0.4, -0.2) is 20.1 Å². The molecule has 0 atom stereocenters. The molecule has 0 unspecified atom stereocenters. The van der Waals surface area contributed by atoms with Crippen LogP contribution in [0.1, 0.15) is 17.3 Å². The van der Waals surface area contributed by atoms with Crippen LogP contribution in [0.4, 0.5) is 11.4 Å². The van der Waals surface area contributed by atoms with E-state index >= 15 is 0 Å². The molecule has 3 rings (SSSR count). The number of hydrogen-bond acceptors (Lipinski definition) is 4. The van der Waals surface area contributed by atoms with Gasteiger partial charge in [-0.1, -0.05) is 43.3 Å². The Morgan fingerprint density at radius 3 is 2.39 bits per heavy atom. The van der Waals surface area contributed by atoms with Crippen LogP contribution in [-0.2, 0) is 10.0 Å². The number of nitrogens with one attached hydrogen (secondary N) is 2. The number of sulfonamides is 1. The maximum absolute atomic E-state index is 12.7. The van der Waals surface area contributed by atoms with Gasteiger partial charge in [-0.25, -0.2) is 8.42 Å². The summed E-state index contributed by atoms with van der Waals surface area (Å²) in [5.74, 6) is 0.520. The summed E-state index contributed by atoms with van der Waals surface area (Å²) in [6.07, 6.45) is 0. The van der Waals surface area contributed by atoms with E-state index in [0.29, 0.717) is 11.4 Å². The lowest BCUT2D eigenvalue weighted by atomic mass is 10.2.